The van der Waals surface area contributed by atoms with Gasteiger partial charge in [-0.05, 0) is 17.7 Å². The predicted octanol–water partition coefficient (Wildman–Crippen LogP) is 3.28. The highest BCUT2D eigenvalue weighted by molar-refractivity contribution is 5.94. The second-order valence-corrected chi connectivity index (χ2v) is 5.72. The molecule has 1 aliphatic rings. The number of hydrogen-bond acceptors (Lipinski definition) is 2. The van der Waals surface area contributed by atoms with Gasteiger partial charge in [0.15, 0.2) is 0 Å². The summed E-state index contributed by atoms with van der Waals surface area (Å²) in [5.74, 6) is 0.982. The van der Waals surface area contributed by atoms with Gasteiger partial charge in [-0.2, -0.15) is 0 Å². The van der Waals surface area contributed by atoms with Crippen LogP contribution in [0, 0.1) is 0 Å². The van der Waals surface area contributed by atoms with E-state index in [1.807, 2.05) is 59.6 Å². The van der Waals surface area contributed by atoms with Gasteiger partial charge >= 0.3 is 0 Å². The number of benzene rings is 2. The molecule has 1 aliphatic heterocycles. The molecule has 0 saturated carbocycles. The van der Waals surface area contributed by atoms with Crippen molar-refractivity contribution < 1.29 is 4.79 Å². The van der Waals surface area contributed by atoms with Gasteiger partial charge in [-0.25, -0.2) is 4.98 Å². The molecule has 0 aliphatic carbocycles. The van der Waals surface area contributed by atoms with Crippen LogP contribution in [0.4, 0.5) is 0 Å². The van der Waals surface area contributed by atoms with E-state index in [1.165, 1.54) is 0 Å². The summed E-state index contributed by atoms with van der Waals surface area (Å²) in [6, 6.07) is 19.7. The van der Waals surface area contributed by atoms with Gasteiger partial charge in [-0.15, -0.1) is 0 Å². The molecular formula is C19H17N3O. The van der Waals surface area contributed by atoms with E-state index in [0.717, 1.165) is 17.9 Å². The monoisotopic (exact) mass is 303 g/mol. The fraction of sp³-hybridized carbons (Fsp3) is 0.158. The Morgan fingerprint density at radius 3 is 2.43 bits per heavy atom. The van der Waals surface area contributed by atoms with Crippen LogP contribution < -0.4 is 0 Å². The van der Waals surface area contributed by atoms with Crippen molar-refractivity contribution in [2.75, 3.05) is 0 Å². The van der Waals surface area contributed by atoms with Crippen molar-refractivity contribution in [1.82, 2.24) is 14.5 Å². The largest absolute Gasteiger partial charge is 0.331 e. The number of imidazole rings is 1. The lowest BCUT2D eigenvalue weighted by Crippen LogP contribution is -2.41. The Balaban J connectivity index is 1.74. The van der Waals surface area contributed by atoms with Crippen molar-refractivity contribution in [3.63, 3.8) is 0 Å². The van der Waals surface area contributed by atoms with E-state index in [-0.39, 0.29) is 11.9 Å². The van der Waals surface area contributed by atoms with Crippen molar-refractivity contribution in [2.45, 2.75) is 19.1 Å². The Morgan fingerprint density at radius 1 is 1.00 bits per heavy atom. The average molecular weight is 303 g/mol. The first-order valence-electron chi connectivity index (χ1n) is 7.74. The zero-order chi connectivity index (χ0) is 15.6. The molecule has 4 rings (SSSR count). The fourth-order valence-electron chi connectivity index (χ4n) is 3.13. The Kier molecular flexibility index (Phi) is 3.42. The summed E-state index contributed by atoms with van der Waals surface area (Å²) >= 11 is 0. The number of carbonyl (C=O) groups excluding carboxylic acids is 1. The number of fused-ring (bicyclic) bond motifs is 1. The van der Waals surface area contributed by atoms with Gasteiger partial charge in [-0.3, -0.25) is 4.79 Å². The molecule has 1 atom stereocenters. The van der Waals surface area contributed by atoms with Crippen molar-refractivity contribution in [3.05, 3.63) is 90.0 Å². The topological polar surface area (TPSA) is 38.1 Å². The van der Waals surface area contributed by atoms with Crippen LogP contribution in [0.15, 0.2) is 73.1 Å². The molecule has 0 fully saturated rings. The van der Waals surface area contributed by atoms with Gasteiger partial charge in [0.25, 0.3) is 5.91 Å². The van der Waals surface area contributed by atoms with E-state index >= 15 is 0 Å². The molecule has 3 aromatic rings. The van der Waals surface area contributed by atoms with Crippen molar-refractivity contribution >= 4 is 5.91 Å². The predicted molar refractivity (Wildman–Crippen MR) is 87.7 cm³/mol. The van der Waals surface area contributed by atoms with E-state index < -0.39 is 0 Å². The van der Waals surface area contributed by atoms with Gasteiger partial charge in [0, 0.05) is 24.5 Å². The molecule has 114 valence electrons. The third kappa shape index (κ3) is 2.52. The molecule has 2 aromatic carbocycles. The quantitative estimate of drug-likeness (QED) is 0.728. The summed E-state index contributed by atoms with van der Waals surface area (Å²) < 4.78 is 2.13. The first-order chi connectivity index (χ1) is 11.3. The maximum atomic E-state index is 13.0. The van der Waals surface area contributed by atoms with Crippen LogP contribution in [0.3, 0.4) is 0 Å². The van der Waals surface area contributed by atoms with Crippen LogP contribution in [-0.4, -0.2) is 20.4 Å². The molecule has 0 radical (unpaired) electrons. The van der Waals surface area contributed by atoms with Crippen LogP contribution in [-0.2, 0) is 13.1 Å². The molecule has 0 saturated heterocycles. The van der Waals surface area contributed by atoms with Crippen LogP contribution in [0.1, 0.15) is 27.8 Å². The average Bonchev–Trinajstić information content (AvgIpc) is 3.09. The lowest BCUT2D eigenvalue weighted by molar-refractivity contribution is 0.0584. The maximum Gasteiger partial charge on any atom is 0.254 e. The first kappa shape index (κ1) is 13.8. The van der Waals surface area contributed by atoms with Crippen molar-refractivity contribution in [1.29, 1.82) is 0 Å². The number of nitrogens with zero attached hydrogens (tertiary/aromatic N) is 3. The normalized spacial score (nSPS) is 16.9. The lowest BCUT2D eigenvalue weighted by Gasteiger charge is -2.36. The lowest BCUT2D eigenvalue weighted by atomic mass is 10.0. The fourth-order valence-corrected chi connectivity index (χ4v) is 3.13. The Hall–Kier alpha value is -2.88. The molecule has 1 amide bonds. The third-order valence-corrected chi connectivity index (χ3v) is 4.33. The van der Waals surface area contributed by atoms with Gasteiger partial charge in [0.1, 0.15) is 5.82 Å². The summed E-state index contributed by atoms with van der Waals surface area (Å²) in [6.45, 7) is 1.26. The highest BCUT2D eigenvalue weighted by Crippen LogP contribution is 2.30. The van der Waals surface area contributed by atoms with Gasteiger partial charge < -0.3 is 9.47 Å². The van der Waals surface area contributed by atoms with Gasteiger partial charge in [0.2, 0.25) is 0 Å². The number of amides is 1. The Bertz CT molecular complexity index is 811. The highest BCUT2D eigenvalue weighted by atomic mass is 16.2. The molecule has 4 heteroatoms. The number of aromatic nitrogens is 2. The van der Waals surface area contributed by atoms with E-state index in [4.69, 9.17) is 0 Å². The second kappa shape index (κ2) is 5.72. The Labute approximate surface area is 135 Å². The first-order valence-corrected chi connectivity index (χ1v) is 7.74. The van der Waals surface area contributed by atoms with Gasteiger partial charge in [-0.1, -0.05) is 48.5 Å². The molecule has 2 heterocycles. The van der Waals surface area contributed by atoms with Crippen LogP contribution >= 0.6 is 0 Å². The summed E-state index contributed by atoms with van der Waals surface area (Å²) in [6.07, 6.45) is 3.78. The molecule has 0 spiro atoms. The molecular weight excluding hydrogens is 286 g/mol. The van der Waals surface area contributed by atoms with Crippen LogP contribution in [0.25, 0.3) is 0 Å². The van der Waals surface area contributed by atoms with Crippen molar-refractivity contribution in [3.8, 4) is 0 Å². The second-order valence-electron chi connectivity index (χ2n) is 5.72. The van der Waals surface area contributed by atoms with E-state index in [9.17, 15) is 4.79 Å². The number of hydrogen-bond donors (Lipinski definition) is 0. The summed E-state index contributed by atoms with van der Waals surface area (Å²) in [5.41, 5.74) is 1.87. The maximum absolute atomic E-state index is 13.0. The van der Waals surface area contributed by atoms with E-state index in [2.05, 4.69) is 21.7 Å². The molecule has 23 heavy (non-hydrogen) atoms. The standard InChI is InChI=1S/C19H17N3O/c23-19(16-9-5-2-6-10-16)22-14-18-20-11-12-21(18)13-17(22)15-7-3-1-4-8-15/h1-12,17H,13-14H2/t17-/m0/s1. The molecule has 4 nitrogen and oxygen atoms in total. The third-order valence-electron chi connectivity index (χ3n) is 4.33. The minimum absolute atomic E-state index is 0.0191. The molecule has 0 bridgehead atoms. The number of carbonyl (C=O) groups is 1. The summed E-state index contributed by atoms with van der Waals surface area (Å²) in [5, 5.41) is 0. The molecule has 1 aromatic heterocycles. The minimum atomic E-state index is 0.0191. The van der Waals surface area contributed by atoms with Crippen LogP contribution in [0.5, 0.6) is 0 Å². The molecule has 0 unspecified atom stereocenters. The highest BCUT2D eigenvalue weighted by Gasteiger charge is 2.31. The molecule has 0 N–H and O–H groups in total. The van der Waals surface area contributed by atoms with Gasteiger partial charge in [0.05, 0.1) is 12.6 Å². The number of rotatable bonds is 2. The van der Waals surface area contributed by atoms with Crippen LogP contribution in [0.2, 0.25) is 0 Å². The smallest absolute Gasteiger partial charge is 0.254 e. The zero-order valence-corrected chi connectivity index (χ0v) is 12.7. The zero-order valence-electron chi connectivity index (χ0n) is 12.7. The SMILES string of the molecule is O=C(c1ccccc1)N1Cc2nccn2C[C@H]1c1ccccc1. The van der Waals surface area contributed by atoms with E-state index in [0.29, 0.717) is 12.1 Å². The van der Waals surface area contributed by atoms with Crippen molar-refractivity contribution in [2.24, 2.45) is 0 Å². The summed E-state index contributed by atoms with van der Waals surface area (Å²) in [7, 11) is 0. The Morgan fingerprint density at radius 2 is 1.70 bits per heavy atom. The summed E-state index contributed by atoms with van der Waals surface area (Å²) in [4.78, 5) is 19.3. The minimum Gasteiger partial charge on any atom is -0.331 e. The van der Waals surface area contributed by atoms with E-state index in [1.54, 1.807) is 6.20 Å².